The summed E-state index contributed by atoms with van der Waals surface area (Å²) in [6.07, 6.45) is 5.86. The first-order valence-electron chi connectivity index (χ1n) is 8.48. The number of anilines is 1. The number of halogens is 1. The summed E-state index contributed by atoms with van der Waals surface area (Å²) in [6, 6.07) is 4.02. The molecule has 27 heavy (non-hydrogen) atoms. The molecule has 7 nitrogen and oxygen atoms in total. The maximum atomic E-state index is 12.4. The molecule has 1 aromatic carbocycles. The number of hydrogen-bond acceptors (Lipinski definition) is 5. The van der Waals surface area contributed by atoms with Crippen LogP contribution < -0.4 is 5.32 Å². The van der Waals surface area contributed by atoms with Gasteiger partial charge in [0.2, 0.25) is 17.7 Å². The Morgan fingerprint density at radius 3 is 2.33 bits per heavy atom. The average molecular weight is 411 g/mol. The zero-order chi connectivity index (χ0) is 19.8. The summed E-state index contributed by atoms with van der Waals surface area (Å²) < 4.78 is 23.3. The maximum Gasteiger partial charge on any atom is 0.233 e. The van der Waals surface area contributed by atoms with Crippen LogP contribution in [0.2, 0.25) is 5.02 Å². The number of allylic oxidation sites excluding steroid dienone is 2. The summed E-state index contributed by atoms with van der Waals surface area (Å²) in [5.74, 6) is -1.59. The summed E-state index contributed by atoms with van der Waals surface area (Å²) in [6.45, 7) is -0.0140. The normalized spacial score (nSPS) is 22.1. The van der Waals surface area contributed by atoms with Crippen molar-refractivity contribution in [3.63, 3.8) is 0 Å². The molecular formula is C18H19ClN2O5S. The standard InChI is InChI=1S/C18H19ClN2O5S/c1-27(25,26)11-6-7-14(19)15(10-11)20-16(22)8-9-21-17(23)12-4-2-3-5-13(12)18(21)24/h2-3,6-7,10,12-13H,4-5,8-9H2,1H3,(H,20,22)/t12-,13-/m0/s1. The molecule has 0 bridgehead atoms. The second-order valence-electron chi connectivity index (χ2n) is 6.70. The Bertz CT molecular complexity index is 915. The Labute approximate surface area is 162 Å². The number of carbonyl (C=O) groups is 3. The van der Waals surface area contributed by atoms with E-state index in [2.05, 4.69) is 5.32 Å². The van der Waals surface area contributed by atoms with Crippen molar-refractivity contribution < 1.29 is 22.8 Å². The summed E-state index contributed by atoms with van der Waals surface area (Å²) in [5.41, 5.74) is 0.168. The van der Waals surface area contributed by atoms with Gasteiger partial charge in [0.15, 0.2) is 9.84 Å². The number of fused-ring (bicyclic) bond motifs is 1. The lowest BCUT2D eigenvalue weighted by Crippen LogP contribution is -2.34. The van der Waals surface area contributed by atoms with Gasteiger partial charge in [-0.1, -0.05) is 23.8 Å². The maximum absolute atomic E-state index is 12.4. The Morgan fingerprint density at radius 2 is 1.78 bits per heavy atom. The molecule has 1 aromatic rings. The Morgan fingerprint density at radius 1 is 1.19 bits per heavy atom. The third-order valence-corrected chi connectivity index (χ3v) is 6.24. The Hall–Kier alpha value is -2.19. The highest BCUT2D eigenvalue weighted by Gasteiger charge is 2.46. The molecule has 1 N–H and O–H groups in total. The van der Waals surface area contributed by atoms with Crippen molar-refractivity contribution >= 4 is 44.8 Å². The molecule has 144 valence electrons. The van der Waals surface area contributed by atoms with Gasteiger partial charge in [-0.05, 0) is 31.0 Å². The van der Waals surface area contributed by atoms with Crippen LogP contribution in [0.25, 0.3) is 0 Å². The zero-order valence-corrected chi connectivity index (χ0v) is 16.2. The molecule has 0 unspecified atom stereocenters. The van der Waals surface area contributed by atoms with Gasteiger partial charge in [0, 0.05) is 19.2 Å². The van der Waals surface area contributed by atoms with E-state index in [0.29, 0.717) is 12.8 Å². The lowest BCUT2D eigenvalue weighted by atomic mass is 9.85. The van der Waals surface area contributed by atoms with Crippen molar-refractivity contribution in [3.05, 3.63) is 35.4 Å². The van der Waals surface area contributed by atoms with E-state index >= 15 is 0 Å². The highest BCUT2D eigenvalue weighted by atomic mass is 35.5. The lowest BCUT2D eigenvalue weighted by Gasteiger charge is -2.15. The van der Waals surface area contributed by atoms with Crippen molar-refractivity contribution in [1.82, 2.24) is 4.90 Å². The number of sulfone groups is 1. The number of likely N-dealkylation sites (tertiary alicyclic amines) is 1. The number of nitrogens with one attached hydrogen (secondary N) is 1. The Balaban J connectivity index is 1.64. The van der Waals surface area contributed by atoms with Crippen molar-refractivity contribution in [2.24, 2.45) is 11.8 Å². The summed E-state index contributed by atoms with van der Waals surface area (Å²) in [7, 11) is -3.44. The van der Waals surface area contributed by atoms with E-state index in [1.54, 1.807) is 0 Å². The summed E-state index contributed by atoms with van der Waals surface area (Å²) >= 11 is 6.01. The topological polar surface area (TPSA) is 101 Å². The van der Waals surface area contributed by atoms with Crippen molar-refractivity contribution in [2.75, 3.05) is 18.1 Å². The van der Waals surface area contributed by atoms with Crippen LogP contribution >= 0.6 is 11.6 Å². The molecule has 0 radical (unpaired) electrons. The largest absolute Gasteiger partial charge is 0.325 e. The van der Waals surface area contributed by atoms with Crippen LogP contribution in [0.4, 0.5) is 5.69 Å². The highest BCUT2D eigenvalue weighted by Crippen LogP contribution is 2.35. The third-order valence-electron chi connectivity index (χ3n) is 4.80. The minimum Gasteiger partial charge on any atom is -0.325 e. The summed E-state index contributed by atoms with van der Waals surface area (Å²) in [5, 5.41) is 2.74. The minimum absolute atomic E-state index is 0.0140. The molecule has 0 spiro atoms. The fourth-order valence-electron chi connectivity index (χ4n) is 3.35. The van der Waals surface area contributed by atoms with E-state index in [0.717, 1.165) is 11.2 Å². The van der Waals surface area contributed by atoms with Gasteiger partial charge in [0.1, 0.15) is 0 Å². The first kappa shape index (κ1) is 19.6. The third kappa shape index (κ3) is 4.06. The van der Waals surface area contributed by atoms with E-state index < -0.39 is 15.7 Å². The second kappa shape index (κ2) is 7.44. The van der Waals surface area contributed by atoms with Crippen LogP contribution in [0.5, 0.6) is 0 Å². The van der Waals surface area contributed by atoms with Crippen molar-refractivity contribution in [1.29, 1.82) is 0 Å². The van der Waals surface area contributed by atoms with Gasteiger partial charge in [0.25, 0.3) is 0 Å². The van der Waals surface area contributed by atoms with Crippen LogP contribution in [0, 0.1) is 11.8 Å². The summed E-state index contributed by atoms with van der Waals surface area (Å²) in [4.78, 5) is 38.2. The SMILES string of the molecule is CS(=O)(=O)c1ccc(Cl)c(NC(=O)CCN2C(=O)[C@H]3CC=CC[C@@H]3C2=O)c1. The molecule has 1 aliphatic carbocycles. The number of rotatable bonds is 5. The van der Waals surface area contributed by atoms with Gasteiger partial charge in [-0.15, -0.1) is 0 Å². The van der Waals surface area contributed by atoms with Gasteiger partial charge in [-0.25, -0.2) is 8.42 Å². The van der Waals surface area contributed by atoms with Crippen LogP contribution in [0.1, 0.15) is 19.3 Å². The Kier molecular flexibility index (Phi) is 5.39. The fourth-order valence-corrected chi connectivity index (χ4v) is 4.16. The molecule has 0 saturated carbocycles. The highest BCUT2D eigenvalue weighted by molar-refractivity contribution is 7.90. The number of hydrogen-bond donors (Lipinski definition) is 1. The molecule has 1 heterocycles. The van der Waals surface area contributed by atoms with E-state index in [1.165, 1.54) is 18.2 Å². The molecule has 1 fully saturated rings. The van der Waals surface area contributed by atoms with Gasteiger partial charge < -0.3 is 5.32 Å². The lowest BCUT2D eigenvalue weighted by molar-refractivity contribution is -0.140. The first-order chi connectivity index (χ1) is 12.7. The van der Waals surface area contributed by atoms with Crippen LogP contribution in [0.15, 0.2) is 35.2 Å². The van der Waals surface area contributed by atoms with Gasteiger partial charge >= 0.3 is 0 Å². The average Bonchev–Trinajstić information content (AvgIpc) is 2.85. The molecule has 3 amide bonds. The molecule has 0 aromatic heterocycles. The predicted molar refractivity (Wildman–Crippen MR) is 99.9 cm³/mol. The smallest absolute Gasteiger partial charge is 0.233 e. The van der Waals surface area contributed by atoms with Crippen molar-refractivity contribution in [2.45, 2.75) is 24.2 Å². The molecule has 2 atom stereocenters. The van der Waals surface area contributed by atoms with Crippen LogP contribution in [-0.2, 0) is 24.2 Å². The van der Waals surface area contributed by atoms with Crippen molar-refractivity contribution in [3.8, 4) is 0 Å². The fraction of sp³-hybridized carbons (Fsp3) is 0.389. The van der Waals surface area contributed by atoms with Crippen LogP contribution in [-0.4, -0.2) is 43.8 Å². The van der Waals surface area contributed by atoms with Gasteiger partial charge in [-0.3, -0.25) is 19.3 Å². The first-order valence-corrected chi connectivity index (χ1v) is 10.7. The van der Waals surface area contributed by atoms with E-state index in [4.69, 9.17) is 11.6 Å². The quantitative estimate of drug-likeness (QED) is 0.591. The number of carbonyl (C=O) groups excluding carboxylic acids is 3. The molecular weight excluding hydrogens is 392 g/mol. The van der Waals surface area contributed by atoms with E-state index in [1.807, 2.05) is 12.2 Å². The second-order valence-corrected chi connectivity index (χ2v) is 9.12. The number of nitrogens with zero attached hydrogens (tertiary/aromatic N) is 1. The molecule has 3 rings (SSSR count). The van der Waals surface area contributed by atoms with Gasteiger partial charge in [-0.2, -0.15) is 0 Å². The molecule has 2 aliphatic rings. The van der Waals surface area contributed by atoms with E-state index in [9.17, 15) is 22.8 Å². The van der Waals surface area contributed by atoms with E-state index in [-0.39, 0.29) is 52.2 Å². The number of benzene rings is 1. The zero-order valence-electron chi connectivity index (χ0n) is 14.6. The molecule has 1 aliphatic heterocycles. The monoisotopic (exact) mass is 410 g/mol. The predicted octanol–water partition coefficient (Wildman–Crippen LogP) is 2.02. The number of imide groups is 1. The minimum atomic E-state index is -3.44. The molecule has 9 heteroatoms. The van der Waals surface area contributed by atoms with Gasteiger partial charge in [0.05, 0.1) is 27.4 Å². The number of amides is 3. The molecule has 1 saturated heterocycles. The van der Waals surface area contributed by atoms with Crippen LogP contribution in [0.3, 0.4) is 0 Å².